The Kier molecular flexibility index (Phi) is 2.05. The summed E-state index contributed by atoms with van der Waals surface area (Å²) in [6.45, 7) is 2.94. The van der Waals surface area contributed by atoms with E-state index in [-0.39, 0.29) is 11.5 Å². The van der Waals surface area contributed by atoms with E-state index in [0.29, 0.717) is 5.76 Å². The summed E-state index contributed by atoms with van der Waals surface area (Å²) < 4.78 is 4.67. The molecule has 0 saturated heterocycles. The molecule has 0 spiro atoms. The maximum absolute atomic E-state index is 10.7. The number of nitrogens with zero attached hydrogens (tertiary/aromatic N) is 1. The molecule has 1 aromatic heterocycles. The summed E-state index contributed by atoms with van der Waals surface area (Å²) in [6, 6.07) is 1.44. The summed E-state index contributed by atoms with van der Waals surface area (Å²) >= 11 is 0. The van der Waals surface area contributed by atoms with E-state index in [9.17, 15) is 4.79 Å². The molecule has 0 radical (unpaired) electrons. The summed E-state index contributed by atoms with van der Waals surface area (Å²) in [5, 5.41) is 12.4. The van der Waals surface area contributed by atoms with Gasteiger partial charge in [-0.25, -0.2) is 0 Å². The molecule has 0 fully saturated rings. The highest BCUT2D eigenvalue weighted by Crippen LogP contribution is 2.12. The standard InChI is InChI=1S/C7H9NO3/c1-4(9)6-3-7(5(2)10)11-8-6/h3,5,10H,1-2H3. The Morgan fingerprint density at radius 3 is 2.73 bits per heavy atom. The molecule has 1 unspecified atom stereocenters. The van der Waals surface area contributed by atoms with Crippen molar-refractivity contribution in [2.24, 2.45) is 0 Å². The Bertz CT molecular complexity index is 264. The van der Waals surface area contributed by atoms with Crippen LogP contribution < -0.4 is 0 Å². The van der Waals surface area contributed by atoms with Crippen molar-refractivity contribution in [1.82, 2.24) is 5.16 Å². The van der Waals surface area contributed by atoms with Crippen molar-refractivity contribution in [2.45, 2.75) is 20.0 Å². The molecule has 11 heavy (non-hydrogen) atoms. The van der Waals surface area contributed by atoms with Gasteiger partial charge >= 0.3 is 0 Å². The number of aromatic nitrogens is 1. The second-order valence-corrected chi connectivity index (χ2v) is 2.35. The number of aliphatic hydroxyl groups is 1. The van der Waals surface area contributed by atoms with Gasteiger partial charge in [0.15, 0.2) is 11.5 Å². The van der Waals surface area contributed by atoms with Crippen LogP contribution in [0, 0.1) is 0 Å². The Labute approximate surface area is 63.8 Å². The fraction of sp³-hybridized carbons (Fsp3) is 0.429. The van der Waals surface area contributed by atoms with Gasteiger partial charge in [-0.3, -0.25) is 4.79 Å². The van der Waals surface area contributed by atoms with E-state index >= 15 is 0 Å². The fourth-order valence-electron chi connectivity index (χ4n) is 0.652. The minimum absolute atomic E-state index is 0.166. The van der Waals surface area contributed by atoms with Crippen LogP contribution in [0.4, 0.5) is 0 Å². The molecule has 0 aromatic carbocycles. The van der Waals surface area contributed by atoms with Crippen LogP contribution >= 0.6 is 0 Å². The Morgan fingerprint density at radius 2 is 2.45 bits per heavy atom. The van der Waals surface area contributed by atoms with Gasteiger partial charge < -0.3 is 9.63 Å². The SMILES string of the molecule is CC(=O)c1cc(C(C)O)on1. The number of hydrogen-bond donors (Lipinski definition) is 1. The number of carbonyl (C=O) groups excluding carboxylic acids is 1. The number of ketones is 1. The lowest BCUT2D eigenvalue weighted by molar-refractivity contribution is 0.100. The van der Waals surface area contributed by atoms with Crippen LogP contribution in [0.3, 0.4) is 0 Å². The summed E-state index contributed by atoms with van der Waals surface area (Å²) in [7, 11) is 0. The molecular formula is C7H9NO3. The molecule has 0 amide bonds. The van der Waals surface area contributed by atoms with Crippen LogP contribution in [0.1, 0.15) is 36.2 Å². The van der Waals surface area contributed by atoms with Crippen LogP contribution in [0.15, 0.2) is 10.6 Å². The van der Waals surface area contributed by atoms with E-state index in [4.69, 9.17) is 5.11 Å². The molecule has 1 heterocycles. The lowest BCUT2D eigenvalue weighted by Gasteiger charge is -1.92. The van der Waals surface area contributed by atoms with Gasteiger partial charge in [0.1, 0.15) is 11.8 Å². The third kappa shape index (κ3) is 1.65. The average Bonchev–Trinajstić information content (AvgIpc) is 2.33. The minimum atomic E-state index is -0.712. The van der Waals surface area contributed by atoms with Gasteiger partial charge in [0.25, 0.3) is 0 Å². The van der Waals surface area contributed by atoms with Crippen LogP contribution in [-0.4, -0.2) is 16.0 Å². The van der Waals surface area contributed by atoms with Crippen molar-refractivity contribution < 1.29 is 14.4 Å². The molecule has 0 aliphatic heterocycles. The first-order valence-electron chi connectivity index (χ1n) is 3.27. The summed E-state index contributed by atoms with van der Waals surface area (Å²) in [4.78, 5) is 10.7. The van der Waals surface area contributed by atoms with Crippen molar-refractivity contribution in [3.8, 4) is 0 Å². The first-order chi connectivity index (χ1) is 5.11. The highest BCUT2D eigenvalue weighted by Gasteiger charge is 2.10. The second-order valence-electron chi connectivity index (χ2n) is 2.35. The largest absolute Gasteiger partial charge is 0.385 e. The van der Waals surface area contributed by atoms with E-state index < -0.39 is 6.10 Å². The van der Waals surface area contributed by atoms with Gasteiger partial charge in [-0.2, -0.15) is 0 Å². The van der Waals surface area contributed by atoms with E-state index in [1.54, 1.807) is 6.92 Å². The zero-order valence-electron chi connectivity index (χ0n) is 6.37. The normalized spacial score (nSPS) is 13.0. The average molecular weight is 155 g/mol. The molecule has 0 aliphatic carbocycles. The highest BCUT2D eigenvalue weighted by molar-refractivity contribution is 5.91. The molecule has 1 N–H and O–H groups in total. The number of Topliss-reactive ketones (excluding diaryl/α,β-unsaturated/α-hetero) is 1. The molecule has 1 rings (SSSR count). The molecule has 0 saturated carbocycles. The van der Waals surface area contributed by atoms with Gasteiger partial charge in [-0.05, 0) is 6.92 Å². The molecule has 0 bridgehead atoms. The lowest BCUT2D eigenvalue weighted by atomic mass is 10.2. The minimum Gasteiger partial charge on any atom is -0.385 e. The van der Waals surface area contributed by atoms with E-state index in [1.807, 2.05) is 0 Å². The molecule has 60 valence electrons. The monoisotopic (exact) mass is 155 g/mol. The summed E-state index contributed by atoms with van der Waals surface area (Å²) in [6.07, 6.45) is -0.712. The molecule has 1 aromatic rings. The van der Waals surface area contributed by atoms with Gasteiger partial charge in [-0.1, -0.05) is 5.16 Å². The Balaban J connectivity index is 2.90. The first-order valence-corrected chi connectivity index (χ1v) is 3.27. The topological polar surface area (TPSA) is 63.3 Å². The predicted octanol–water partition coefficient (Wildman–Crippen LogP) is 0.930. The second kappa shape index (κ2) is 2.84. The number of rotatable bonds is 2. The number of aliphatic hydroxyl groups excluding tert-OH is 1. The van der Waals surface area contributed by atoms with Crippen molar-refractivity contribution in [3.63, 3.8) is 0 Å². The van der Waals surface area contributed by atoms with Crippen molar-refractivity contribution >= 4 is 5.78 Å². The van der Waals surface area contributed by atoms with Crippen molar-refractivity contribution in [3.05, 3.63) is 17.5 Å². The fourth-order valence-corrected chi connectivity index (χ4v) is 0.652. The Hall–Kier alpha value is -1.16. The first kappa shape index (κ1) is 7.94. The van der Waals surface area contributed by atoms with Crippen LogP contribution in [0.2, 0.25) is 0 Å². The molecular weight excluding hydrogens is 146 g/mol. The maximum atomic E-state index is 10.7. The van der Waals surface area contributed by atoms with Crippen LogP contribution in [-0.2, 0) is 0 Å². The van der Waals surface area contributed by atoms with E-state index in [1.165, 1.54) is 13.0 Å². The van der Waals surface area contributed by atoms with Gasteiger partial charge in [-0.15, -0.1) is 0 Å². The number of carbonyl (C=O) groups is 1. The highest BCUT2D eigenvalue weighted by atomic mass is 16.5. The summed E-state index contributed by atoms with van der Waals surface area (Å²) in [5.41, 5.74) is 0.251. The quantitative estimate of drug-likeness (QED) is 0.645. The van der Waals surface area contributed by atoms with Crippen LogP contribution in [0.25, 0.3) is 0 Å². The molecule has 4 heteroatoms. The van der Waals surface area contributed by atoms with Crippen molar-refractivity contribution in [1.29, 1.82) is 0 Å². The zero-order chi connectivity index (χ0) is 8.43. The number of hydrogen-bond acceptors (Lipinski definition) is 4. The van der Waals surface area contributed by atoms with Gasteiger partial charge in [0.2, 0.25) is 0 Å². The predicted molar refractivity (Wildman–Crippen MR) is 37.1 cm³/mol. The third-order valence-corrected chi connectivity index (χ3v) is 1.30. The third-order valence-electron chi connectivity index (χ3n) is 1.30. The molecule has 0 aliphatic rings. The van der Waals surface area contributed by atoms with Crippen LogP contribution in [0.5, 0.6) is 0 Å². The lowest BCUT2D eigenvalue weighted by Crippen LogP contribution is -1.90. The van der Waals surface area contributed by atoms with E-state index in [0.717, 1.165) is 0 Å². The van der Waals surface area contributed by atoms with E-state index in [2.05, 4.69) is 9.68 Å². The smallest absolute Gasteiger partial charge is 0.181 e. The van der Waals surface area contributed by atoms with Gasteiger partial charge in [0.05, 0.1) is 0 Å². The summed E-state index contributed by atoms with van der Waals surface area (Å²) in [5.74, 6) is 0.149. The zero-order valence-corrected chi connectivity index (χ0v) is 6.37. The Morgan fingerprint density at radius 1 is 1.82 bits per heavy atom. The van der Waals surface area contributed by atoms with Crippen molar-refractivity contribution in [2.75, 3.05) is 0 Å². The van der Waals surface area contributed by atoms with Gasteiger partial charge in [0, 0.05) is 13.0 Å². The molecule has 1 atom stereocenters. The maximum Gasteiger partial charge on any atom is 0.181 e. The molecule has 4 nitrogen and oxygen atoms in total.